The second-order valence-corrected chi connectivity index (χ2v) is 6.75. The van der Waals surface area contributed by atoms with Gasteiger partial charge in [0.05, 0.1) is 6.04 Å². The van der Waals surface area contributed by atoms with E-state index in [0.717, 1.165) is 17.5 Å². The summed E-state index contributed by atoms with van der Waals surface area (Å²) in [5.74, 6) is 0. The van der Waals surface area contributed by atoms with E-state index in [4.69, 9.17) is 4.74 Å². The van der Waals surface area contributed by atoms with Crippen LogP contribution in [-0.2, 0) is 10.3 Å². The molecule has 0 unspecified atom stereocenters. The number of nitrogens with zero attached hydrogens (tertiary/aromatic N) is 1. The van der Waals surface area contributed by atoms with Crippen molar-refractivity contribution in [2.75, 3.05) is 6.54 Å². The Morgan fingerprint density at radius 2 is 1.88 bits per heavy atom. The lowest BCUT2D eigenvalue weighted by molar-refractivity contribution is -0.0588. The maximum absolute atomic E-state index is 12.8. The molecule has 1 amide bonds. The SMILES string of the molecule is C=CC[C@@]1(c2ccccc2)CCN([C@@H](C)c2ccc(C)cc2)C(=O)O1. The minimum Gasteiger partial charge on any atom is -0.437 e. The largest absolute Gasteiger partial charge is 0.437 e. The number of aryl methyl sites for hydroxylation is 1. The van der Waals surface area contributed by atoms with Crippen molar-refractivity contribution >= 4 is 6.09 Å². The maximum Gasteiger partial charge on any atom is 0.411 e. The normalized spacial score (nSPS) is 21.5. The number of rotatable bonds is 5. The highest BCUT2D eigenvalue weighted by molar-refractivity contribution is 5.70. The van der Waals surface area contributed by atoms with Gasteiger partial charge in [0, 0.05) is 19.4 Å². The van der Waals surface area contributed by atoms with Gasteiger partial charge in [0.1, 0.15) is 5.60 Å². The highest BCUT2D eigenvalue weighted by Gasteiger charge is 2.42. The molecule has 0 N–H and O–H groups in total. The molecule has 3 rings (SSSR count). The minimum atomic E-state index is -0.608. The Morgan fingerprint density at radius 1 is 1.20 bits per heavy atom. The molecule has 2 atom stereocenters. The molecule has 1 aliphatic rings. The van der Waals surface area contributed by atoms with Gasteiger partial charge in [-0.15, -0.1) is 6.58 Å². The summed E-state index contributed by atoms with van der Waals surface area (Å²) in [5, 5.41) is 0. The first kappa shape index (κ1) is 17.3. The Kier molecular flexibility index (Phi) is 4.93. The molecule has 130 valence electrons. The highest BCUT2D eigenvalue weighted by atomic mass is 16.6. The molecule has 0 aliphatic carbocycles. The molecule has 0 saturated carbocycles. The van der Waals surface area contributed by atoms with Crippen LogP contribution in [0, 0.1) is 6.92 Å². The second-order valence-electron chi connectivity index (χ2n) is 6.75. The molecule has 25 heavy (non-hydrogen) atoms. The fourth-order valence-electron chi connectivity index (χ4n) is 3.49. The van der Waals surface area contributed by atoms with Gasteiger partial charge in [0.2, 0.25) is 0 Å². The number of amides is 1. The molecule has 0 aromatic heterocycles. The number of carbonyl (C=O) groups is 1. The van der Waals surface area contributed by atoms with Crippen molar-refractivity contribution in [2.24, 2.45) is 0 Å². The fraction of sp³-hybridized carbons (Fsp3) is 0.318. The van der Waals surface area contributed by atoms with Crippen LogP contribution in [0.25, 0.3) is 0 Å². The predicted octanol–water partition coefficient (Wildman–Crippen LogP) is 5.37. The van der Waals surface area contributed by atoms with Crippen LogP contribution >= 0.6 is 0 Å². The average Bonchev–Trinajstić information content (AvgIpc) is 2.63. The van der Waals surface area contributed by atoms with Gasteiger partial charge < -0.3 is 9.64 Å². The van der Waals surface area contributed by atoms with E-state index < -0.39 is 5.60 Å². The van der Waals surface area contributed by atoms with Crippen LogP contribution in [-0.4, -0.2) is 17.5 Å². The summed E-state index contributed by atoms with van der Waals surface area (Å²) < 4.78 is 6.00. The first-order chi connectivity index (χ1) is 12.1. The minimum absolute atomic E-state index is 0.00870. The van der Waals surface area contributed by atoms with Crippen LogP contribution in [0.1, 0.15) is 42.5 Å². The maximum atomic E-state index is 12.8. The van der Waals surface area contributed by atoms with Gasteiger partial charge in [-0.3, -0.25) is 0 Å². The number of hydrogen-bond acceptors (Lipinski definition) is 2. The molecule has 1 saturated heterocycles. The van der Waals surface area contributed by atoms with Gasteiger partial charge in [-0.25, -0.2) is 4.79 Å². The van der Waals surface area contributed by atoms with Crippen molar-refractivity contribution in [2.45, 2.75) is 38.3 Å². The Balaban J connectivity index is 1.82. The lowest BCUT2D eigenvalue weighted by Gasteiger charge is -2.43. The van der Waals surface area contributed by atoms with Crippen LogP contribution in [0.5, 0.6) is 0 Å². The third-order valence-electron chi connectivity index (χ3n) is 5.07. The second kappa shape index (κ2) is 7.14. The van der Waals surface area contributed by atoms with E-state index in [1.54, 1.807) is 0 Å². The van der Waals surface area contributed by atoms with Crippen molar-refractivity contribution in [3.63, 3.8) is 0 Å². The third-order valence-corrected chi connectivity index (χ3v) is 5.07. The number of ether oxygens (including phenoxy) is 1. The summed E-state index contributed by atoms with van der Waals surface area (Å²) in [5.41, 5.74) is 2.76. The zero-order valence-electron chi connectivity index (χ0n) is 14.9. The summed E-state index contributed by atoms with van der Waals surface area (Å²) >= 11 is 0. The van der Waals surface area contributed by atoms with Crippen LogP contribution in [0.2, 0.25) is 0 Å². The summed E-state index contributed by atoms with van der Waals surface area (Å²) in [6, 6.07) is 18.3. The van der Waals surface area contributed by atoms with Gasteiger partial charge >= 0.3 is 6.09 Å². The Hall–Kier alpha value is -2.55. The van der Waals surface area contributed by atoms with Crippen LogP contribution in [0.3, 0.4) is 0 Å². The third kappa shape index (κ3) is 3.46. The number of cyclic esters (lactones) is 1. The van der Waals surface area contributed by atoms with Crippen molar-refractivity contribution in [3.8, 4) is 0 Å². The van der Waals surface area contributed by atoms with Crippen LogP contribution in [0.4, 0.5) is 4.79 Å². The van der Waals surface area contributed by atoms with E-state index in [2.05, 4.69) is 44.7 Å². The van der Waals surface area contributed by atoms with E-state index in [1.165, 1.54) is 5.56 Å². The Bertz CT molecular complexity index is 738. The average molecular weight is 335 g/mol. The number of hydrogen-bond donors (Lipinski definition) is 0. The molecule has 3 nitrogen and oxygen atoms in total. The molecule has 3 heteroatoms. The van der Waals surface area contributed by atoms with Gasteiger partial charge in [0.25, 0.3) is 0 Å². The highest BCUT2D eigenvalue weighted by Crippen LogP contribution is 2.39. The molecule has 2 aromatic rings. The Morgan fingerprint density at radius 3 is 2.48 bits per heavy atom. The first-order valence-corrected chi connectivity index (χ1v) is 8.78. The van der Waals surface area contributed by atoms with Crippen molar-refractivity contribution in [3.05, 3.63) is 83.9 Å². The predicted molar refractivity (Wildman–Crippen MR) is 100 cm³/mol. The van der Waals surface area contributed by atoms with E-state index in [-0.39, 0.29) is 12.1 Å². The smallest absolute Gasteiger partial charge is 0.411 e. The summed E-state index contributed by atoms with van der Waals surface area (Å²) in [6.07, 6.45) is 2.95. The monoisotopic (exact) mass is 335 g/mol. The molecule has 0 spiro atoms. The van der Waals surface area contributed by atoms with Crippen molar-refractivity contribution < 1.29 is 9.53 Å². The summed E-state index contributed by atoms with van der Waals surface area (Å²) in [7, 11) is 0. The van der Waals surface area contributed by atoms with E-state index in [1.807, 2.05) is 41.3 Å². The molecule has 1 aliphatic heterocycles. The summed E-state index contributed by atoms with van der Waals surface area (Å²) in [6.45, 7) is 8.63. The van der Waals surface area contributed by atoms with Crippen molar-refractivity contribution in [1.82, 2.24) is 4.90 Å². The van der Waals surface area contributed by atoms with Crippen LogP contribution < -0.4 is 0 Å². The van der Waals surface area contributed by atoms with Gasteiger partial charge in [-0.2, -0.15) is 0 Å². The van der Waals surface area contributed by atoms with E-state index in [0.29, 0.717) is 13.0 Å². The number of benzene rings is 2. The lowest BCUT2D eigenvalue weighted by atomic mass is 9.85. The first-order valence-electron chi connectivity index (χ1n) is 8.78. The zero-order valence-corrected chi connectivity index (χ0v) is 14.9. The Labute approximate surface area is 149 Å². The molecule has 1 fully saturated rings. The summed E-state index contributed by atoms with van der Waals surface area (Å²) in [4.78, 5) is 14.6. The molecular weight excluding hydrogens is 310 g/mol. The topological polar surface area (TPSA) is 29.5 Å². The van der Waals surface area contributed by atoms with Crippen LogP contribution in [0.15, 0.2) is 67.3 Å². The number of carbonyl (C=O) groups excluding carboxylic acids is 1. The van der Waals surface area contributed by atoms with Gasteiger partial charge in [-0.05, 0) is 25.0 Å². The molecule has 1 heterocycles. The molecule has 0 bridgehead atoms. The zero-order chi connectivity index (χ0) is 17.9. The standard InChI is InChI=1S/C22H25NO2/c1-4-14-22(20-8-6-5-7-9-20)15-16-23(21(24)25-22)18(3)19-12-10-17(2)11-13-19/h4-13,18H,1,14-16H2,2-3H3/t18-,22-/m0/s1. The van der Waals surface area contributed by atoms with Crippen molar-refractivity contribution in [1.29, 1.82) is 0 Å². The van der Waals surface area contributed by atoms with E-state index >= 15 is 0 Å². The van der Waals surface area contributed by atoms with E-state index in [9.17, 15) is 4.79 Å². The fourth-order valence-corrected chi connectivity index (χ4v) is 3.49. The van der Waals surface area contributed by atoms with Gasteiger partial charge in [-0.1, -0.05) is 66.2 Å². The molecule has 0 radical (unpaired) electrons. The van der Waals surface area contributed by atoms with Gasteiger partial charge in [0.15, 0.2) is 0 Å². The quantitative estimate of drug-likeness (QED) is 0.688. The molecular formula is C22H25NO2. The molecule has 2 aromatic carbocycles. The lowest BCUT2D eigenvalue weighted by Crippen LogP contribution is -2.48.